The van der Waals surface area contributed by atoms with Gasteiger partial charge in [-0.3, -0.25) is 4.79 Å². The van der Waals surface area contributed by atoms with Gasteiger partial charge in [0.15, 0.2) is 0 Å². The maximum absolute atomic E-state index is 15.5. The second-order valence-corrected chi connectivity index (χ2v) is 15.9. The number of methoxy groups -OCH3 is 1. The molecule has 6 atom stereocenters. The topological polar surface area (TPSA) is 97.0 Å². The molecule has 5 aliphatic rings. The molecule has 2 aromatic rings. The van der Waals surface area contributed by atoms with Gasteiger partial charge < -0.3 is 19.7 Å². The van der Waals surface area contributed by atoms with Crippen molar-refractivity contribution in [3.63, 3.8) is 0 Å². The Morgan fingerprint density at radius 2 is 1.98 bits per heavy atom. The van der Waals surface area contributed by atoms with E-state index in [1.165, 1.54) is 5.57 Å². The van der Waals surface area contributed by atoms with Gasteiger partial charge in [0.1, 0.15) is 11.6 Å². The van der Waals surface area contributed by atoms with Gasteiger partial charge in [-0.25, -0.2) is 17.5 Å². The van der Waals surface area contributed by atoms with Crippen molar-refractivity contribution in [3.05, 3.63) is 69.5 Å². The molecule has 1 amide bonds. The Morgan fingerprint density at radius 3 is 2.72 bits per heavy atom. The number of rotatable bonds is 4. The predicted octanol–water partition coefficient (Wildman–Crippen LogP) is 5.88. The van der Waals surface area contributed by atoms with Crippen LogP contribution in [0.1, 0.15) is 67.4 Å². The third kappa shape index (κ3) is 6.68. The van der Waals surface area contributed by atoms with Crippen molar-refractivity contribution in [2.45, 2.75) is 70.2 Å². The Bertz CT molecular complexity index is 1600. The molecule has 7 rings (SSSR count). The Labute approximate surface area is 277 Å². The average molecular weight is 674 g/mol. The number of halogens is 2. The summed E-state index contributed by atoms with van der Waals surface area (Å²) in [5.74, 6) is 0.215. The van der Waals surface area contributed by atoms with Gasteiger partial charge in [-0.1, -0.05) is 36.2 Å². The van der Waals surface area contributed by atoms with Crippen molar-refractivity contribution in [3.8, 4) is 5.75 Å². The first-order valence-electron chi connectivity index (χ1n) is 16.5. The molecule has 3 aliphatic heterocycles. The van der Waals surface area contributed by atoms with Crippen molar-refractivity contribution in [1.29, 1.82) is 0 Å². The van der Waals surface area contributed by atoms with Gasteiger partial charge in [0.25, 0.3) is 5.91 Å². The van der Waals surface area contributed by atoms with Crippen LogP contribution in [0.25, 0.3) is 0 Å². The molecule has 0 spiro atoms. The van der Waals surface area contributed by atoms with Crippen molar-refractivity contribution in [2.75, 3.05) is 38.3 Å². The van der Waals surface area contributed by atoms with Crippen LogP contribution in [-0.2, 0) is 27.7 Å². The highest BCUT2D eigenvalue weighted by Crippen LogP contribution is 2.46. The molecule has 46 heavy (non-hydrogen) atoms. The number of amides is 1. The van der Waals surface area contributed by atoms with Crippen LogP contribution in [0.5, 0.6) is 5.75 Å². The summed E-state index contributed by atoms with van der Waals surface area (Å²) in [5, 5.41) is 3.11. The largest absolute Gasteiger partial charge is 0.491 e. The van der Waals surface area contributed by atoms with Crippen LogP contribution in [0.2, 0.25) is 5.02 Å². The van der Waals surface area contributed by atoms with Gasteiger partial charge in [0.2, 0.25) is 10.0 Å². The first kappa shape index (κ1) is 33.2. The zero-order valence-corrected chi connectivity index (χ0v) is 28.4. The molecule has 0 unspecified atom stereocenters. The fraction of sp³-hybridized carbons (Fsp3) is 0.571. The van der Waals surface area contributed by atoms with E-state index in [1.807, 2.05) is 13.0 Å². The molecule has 11 heteroatoms. The molecule has 4 bridgehead atoms. The standard InChI is InChI=1S/C35H45ClFN3O5S/c1-21-22(2)46(42,43)39-35(41)23-9-12-32-31(18-23)40(19-24-8-11-30(36)33(37)28(24)6-4-5-14-45-32)20-25-7-10-29(25)34(38-13-15-44-3)27-16-26(21)17-27/h8-9,11-12,16,18,21-22,25-26,29,34,38H,4-7,10,13-15,17,19-20H2,1-3H3,(H,39,41)/t21-,22-,25+,26+,29-,34+/m1/s1. The van der Waals surface area contributed by atoms with E-state index in [4.69, 9.17) is 21.1 Å². The first-order valence-corrected chi connectivity index (χ1v) is 18.5. The van der Waals surface area contributed by atoms with Gasteiger partial charge >= 0.3 is 0 Å². The molecule has 8 nitrogen and oxygen atoms in total. The monoisotopic (exact) mass is 673 g/mol. The number of carbonyl (C=O) groups is 1. The lowest BCUT2D eigenvalue weighted by Gasteiger charge is -2.48. The number of sulfonamides is 1. The fourth-order valence-corrected chi connectivity index (χ4v) is 9.04. The van der Waals surface area contributed by atoms with Crippen LogP contribution < -0.4 is 19.7 Å². The summed E-state index contributed by atoms with van der Waals surface area (Å²) in [4.78, 5) is 15.7. The third-order valence-electron chi connectivity index (χ3n) is 10.8. The fourth-order valence-electron chi connectivity index (χ4n) is 7.53. The molecule has 250 valence electrons. The number of benzene rings is 2. The van der Waals surface area contributed by atoms with Crippen LogP contribution in [0.3, 0.4) is 0 Å². The summed E-state index contributed by atoms with van der Waals surface area (Å²) in [6, 6.07) is 8.78. The quantitative estimate of drug-likeness (QED) is 0.309. The molecule has 2 N–H and O–H groups in total. The lowest BCUT2D eigenvalue weighted by atomic mass is 9.63. The zero-order valence-electron chi connectivity index (χ0n) is 26.9. The number of hydrogen-bond donors (Lipinski definition) is 2. The zero-order chi connectivity index (χ0) is 32.6. The minimum absolute atomic E-state index is 0.109. The smallest absolute Gasteiger partial charge is 0.264 e. The second-order valence-electron chi connectivity index (χ2n) is 13.4. The predicted molar refractivity (Wildman–Crippen MR) is 178 cm³/mol. The first-order chi connectivity index (χ1) is 22.1. The molecular formula is C35H45ClFN3O5S. The molecule has 1 fully saturated rings. The third-order valence-corrected chi connectivity index (χ3v) is 12.9. The van der Waals surface area contributed by atoms with Gasteiger partial charge in [-0.05, 0) is 105 Å². The van der Waals surface area contributed by atoms with Gasteiger partial charge in [-0.15, -0.1) is 0 Å². The van der Waals surface area contributed by atoms with E-state index in [1.54, 1.807) is 38.3 Å². The Balaban J connectivity index is 1.45. The van der Waals surface area contributed by atoms with E-state index in [0.717, 1.165) is 44.2 Å². The lowest BCUT2D eigenvalue weighted by molar-refractivity contribution is 0.0980. The number of ether oxygens (including phenoxy) is 2. The molecule has 0 radical (unpaired) electrons. The minimum atomic E-state index is -3.96. The minimum Gasteiger partial charge on any atom is -0.491 e. The van der Waals surface area contributed by atoms with Crippen molar-refractivity contribution < 1.29 is 27.1 Å². The van der Waals surface area contributed by atoms with E-state index in [0.29, 0.717) is 61.6 Å². The van der Waals surface area contributed by atoms with Crippen molar-refractivity contribution >= 4 is 33.2 Å². The number of fused-ring (bicyclic) bond motifs is 5. The summed E-state index contributed by atoms with van der Waals surface area (Å²) in [5.41, 5.74) is 3.70. The highest BCUT2D eigenvalue weighted by Gasteiger charge is 2.44. The number of allylic oxidation sites excluding steroid dienone is 1. The molecule has 2 aromatic carbocycles. The average Bonchev–Trinajstić information content (AvgIpc) is 3.02. The summed E-state index contributed by atoms with van der Waals surface area (Å²) in [6.07, 6.45) is 7.18. The molecule has 3 heterocycles. The molecule has 0 saturated heterocycles. The molecule has 0 aromatic heterocycles. The Hall–Kier alpha value is -2.66. The van der Waals surface area contributed by atoms with E-state index >= 15 is 4.39 Å². The number of hydrogen-bond acceptors (Lipinski definition) is 7. The van der Waals surface area contributed by atoms with Crippen LogP contribution >= 0.6 is 11.6 Å². The van der Waals surface area contributed by atoms with Gasteiger partial charge in [0.05, 0.1) is 29.2 Å². The Morgan fingerprint density at radius 1 is 1.17 bits per heavy atom. The van der Waals surface area contributed by atoms with E-state index < -0.39 is 21.2 Å². The SMILES string of the molecule is COCCN[C@H]1C2=C[C@@H](C2)[C@H](C)[C@@H](C)S(=O)(=O)NC(=O)c2ccc3c(c2)N(Cc2ccc(Cl)c(F)c2CCCCO3)C[C@@H]2CC[C@H]21. The van der Waals surface area contributed by atoms with Crippen molar-refractivity contribution in [2.24, 2.45) is 23.7 Å². The van der Waals surface area contributed by atoms with Gasteiger partial charge in [0, 0.05) is 38.3 Å². The van der Waals surface area contributed by atoms with E-state index in [2.05, 4.69) is 21.0 Å². The van der Waals surface area contributed by atoms with Crippen LogP contribution in [-0.4, -0.2) is 59.0 Å². The number of nitrogens with zero attached hydrogens (tertiary/aromatic N) is 1. The highest BCUT2D eigenvalue weighted by atomic mass is 35.5. The maximum Gasteiger partial charge on any atom is 0.264 e. The van der Waals surface area contributed by atoms with E-state index in [-0.39, 0.29) is 34.3 Å². The van der Waals surface area contributed by atoms with Crippen LogP contribution in [0.15, 0.2) is 42.0 Å². The number of nitrogens with one attached hydrogen (secondary N) is 2. The maximum atomic E-state index is 15.5. The molecule has 2 aliphatic carbocycles. The summed E-state index contributed by atoms with van der Waals surface area (Å²) in [7, 11) is -2.26. The lowest BCUT2D eigenvalue weighted by Crippen LogP contribution is -2.52. The summed E-state index contributed by atoms with van der Waals surface area (Å²) < 4.78 is 56.4. The molecule has 1 saturated carbocycles. The number of anilines is 1. The summed E-state index contributed by atoms with van der Waals surface area (Å²) in [6.45, 7) is 6.45. The van der Waals surface area contributed by atoms with Crippen molar-refractivity contribution in [1.82, 2.24) is 10.0 Å². The second kappa shape index (κ2) is 13.8. The van der Waals surface area contributed by atoms with E-state index in [9.17, 15) is 13.2 Å². The summed E-state index contributed by atoms with van der Waals surface area (Å²) >= 11 is 6.25. The normalized spacial score (nSPS) is 29.4. The Kier molecular flexibility index (Phi) is 9.99. The number of carbonyl (C=O) groups excluding carboxylic acids is 1. The van der Waals surface area contributed by atoms with Gasteiger partial charge in [-0.2, -0.15) is 0 Å². The van der Waals surface area contributed by atoms with Crippen LogP contribution in [0, 0.1) is 29.5 Å². The van der Waals surface area contributed by atoms with Crippen LogP contribution in [0.4, 0.5) is 10.1 Å². The molecular weight excluding hydrogens is 629 g/mol. The highest BCUT2D eigenvalue weighted by molar-refractivity contribution is 7.90.